The molecule has 0 aromatic heterocycles. The predicted molar refractivity (Wildman–Crippen MR) is 91.4 cm³/mol. The summed E-state index contributed by atoms with van der Waals surface area (Å²) in [7, 11) is 0. The Balaban J connectivity index is 1.95. The van der Waals surface area contributed by atoms with Crippen molar-refractivity contribution in [2.45, 2.75) is 13.8 Å². The van der Waals surface area contributed by atoms with Crippen molar-refractivity contribution in [3.05, 3.63) is 63.6 Å². The lowest BCUT2D eigenvalue weighted by molar-refractivity contribution is 0.0846. The highest BCUT2D eigenvalue weighted by atomic mass is 79.9. The number of amides is 2. The number of hydrazine groups is 1. The van der Waals surface area contributed by atoms with Gasteiger partial charge in [-0.3, -0.25) is 20.4 Å². The van der Waals surface area contributed by atoms with Crippen LogP contribution in [0.3, 0.4) is 0 Å². The second-order valence-corrected chi connectivity index (χ2v) is 5.68. The first-order chi connectivity index (χ1) is 11.0. The van der Waals surface area contributed by atoms with Gasteiger partial charge in [0.2, 0.25) is 0 Å². The summed E-state index contributed by atoms with van der Waals surface area (Å²) in [6.07, 6.45) is 0. The smallest absolute Gasteiger partial charge is 0.269 e. The molecule has 0 fully saturated rings. The van der Waals surface area contributed by atoms with Crippen LogP contribution in [-0.2, 0) is 0 Å². The molecule has 0 saturated heterocycles. The zero-order chi connectivity index (χ0) is 16.8. The van der Waals surface area contributed by atoms with Crippen LogP contribution in [0.1, 0.15) is 33.2 Å². The Hall–Kier alpha value is -2.34. The molecule has 5 nitrogen and oxygen atoms in total. The molecule has 0 aliphatic heterocycles. The molecule has 23 heavy (non-hydrogen) atoms. The summed E-state index contributed by atoms with van der Waals surface area (Å²) in [5, 5.41) is 0. The van der Waals surface area contributed by atoms with Gasteiger partial charge in [0.05, 0.1) is 6.61 Å². The summed E-state index contributed by atoms with van der Waals surface area (Å²) in [5.41, 5.74) is 6.69. The fourth-order valence-corrected chi connectivity index (χ4v) is 2.24. The fraction of sp³-hybridized carbons (Fsp3) is 0.176. The third-order valence-corrected chi connectivity index (χ3v) is 4.01. The normalized spacial score (nSPS) is 10.0. The lowest BCUT2D eigenvalue weighted by Crippen LogP contribution is -2.41. The third kappa shape index (κ3) is 4.56. The molecule has 0 bridgehead atoms. The number of hydrogen-bond donors (Lipinski definition) is 2. The van der Waals surface area contributed by atoms with Crippen molar-refractivity contribution in [2.24, 2.45) is 0 Å². The average Bonchev–Trinajstić information content (AvgIpc) is 2.56. The minimum atomic E-state index is -0.396. The van der Waals surface area contributed by atoms with E-state index in [1.165, 1.54) is 0 Å². The summed E-state index contributed by atoms with van der Waals surface area (Å²) < 4.78 is 6.15. The first-order valence-corrected chi connectivity index (χ1v) is 7.90. The minimum absolute atomic E-state index is 0.384. The van der Waals surface area contributed by atoms with Gasteiger partial charge in [0.15, 0.2) is 0 Å². The molecule has 2 N–H and O–H groups in total. The van der Waals surface area contributed by atoms with Crippen LogP contribution in [0.2, 0.25) is 0 Å². The maximum Gasteiger partial charge on any atom is 0.269 e. The predicted octanol–water partition coefficient (Wildman–Crippen LogP) is 3.23. The Morgan fingerprint density at radius 2 is 1.57 bits per heavy atom. The summed E-state index contributed by atoms with van der Waals surface area (Å²) in [6, 6.07) is 11.9. The third-order valence-electron chi connectivity index (χ3n) is 3.15. The first kappa shape index (κ1) is 17.0. The summed E-state index contributed by atoms with van der Waals surface area (Å²) in [5.74, 6) is -0.0878. The number of carbonyl (C=O) groups is 2. The Morgan fingerprint density at radius 3 is 2.13 bits per heavy atom. The molecule has 2 amide bonds. The highest BCUT2D eigenvalue weighted by Gasteiger charge is 2.10. The number of benzene rings is 2. The van der Waals surface area contributed by atoms with Crippen LogP contribution in [0, 0.1) is 6.92 Å². The monoisotopic (exact) mass is 376 g/mol. The van der Waals surface area contributed by atoms with Crippen LogP contribution >= 0.6 is 15.9 Å². The second kappa shape index (κ2) is 7.78. The van der Waals surface area contributed by atoms with E-state index < -0.39 is 5.91 Å². The van der Waals surface area contributed by atoms with Crippen LogP contribution < -0.4 is 15.6 Å². The van der Waals surface area contributed by atoms with Gasteiger partial charge in [-0.1, -0.05) is 22.0 Å². The van der Waals surface area contributed by atoms with Gasteiger partial charge < -0.3 is 4.74 Å². The van der Waals surface area contributed by atoms with Crippen molar-refractivity contribution >= 4 is 27.7 Å². The molecule has 2 rings (SSSR count). The quantitative estimate of drug-likeness (QED) is 0.804. The molecule has 2 aromatic carbocycles. The molecule has 2 aromatic rings. The number of carbonyl (C=O) groups excluding carboxylic acids is 2. The van der Waals surface area contributed by atoms with E-state index in [1.54, 1.807) is 36.4 Å². The van der Waals surface area contributed by atoms with Gasteiger partial charge >= 0.3 is 0 Å². The van der Waals surface area contributed by atoms with Gasteiger partial charge in [-0.2, -0.15) is 0 Å². The summed E-state index contributed by atoms with van der Waals surface area (Å²) in [4.78, 5) is 24.0. The van der Waals surface area contributed by atoms with E-state index in [2.05, 4.69) is 26.8 Å². The average molecular weight is 377 g/mol. The van der Waals surface area contributed by atoms with Crippen molar-refractivity contribution in [3.8, 4) is 5.75 Å². The van der Waals surface area contributed by atoms with Crippen molar-refractivity contribution in [1.82, 2.24) is 10.9 Å². The van der Waals surface area contributed by atoms with Gasteiger partial charge in [0.1, 0.15) is 5.75 Å². The molecule has 0 aliphatic rings. The van der Waals surface area contributed by atoms with Gasteiger partial charge in [-0.15, -0.1) is 0 Å². The first-order valence-electron chi connectivity index (χ1n) is 7.11. The maximum absolute atomic E-state index is 12.0. The molecule has 0 aliphatic carbocycles. The van der Waals surface area contributed by atoms with E-state index >= 15 is 0 Å². The maximum atomic E-state index is 12.0. The van der Waals surface area contributed by atoms with E-state index in [-0.39, 0.29) is 5.91 Å². The van der Waals surface area contributed by atoms with Crippen LogP contribution in [0.15, 0.2) is 46.9 Å². The Bertz CT molecular complexity index is 714. The summed E-state index contributed by atoms with van der Waals surface area (Å²) >= 11 is 3.37. The van der Waals surface area contributed by atoms with E-state index in [9.17, 15) is 9.59 Å². The number of ether oxygens (including phenoxy) is 1. The van der Waals surface area contributed by atoms with Gasteiger partial charge in [-0.05, 0) is 55.8 Å². The lowest BCUT2D eigenvalue weighted by atomic mass is 10.1. The Kier molecular flexibility index (Phi) is 5.76. The molecular weight excluding hydrogens is 360 g/mol. The Labute approximate surface area is 143 Å². The van der Waals surface area contributed by atoms with E-state index in [0.29, 0.717) is 23.5 Å². The molecule has 0 spiro atoms. The topological polar surface area (TPSA) is 67.4 Å². The van der Waals surface area contributed by atoms with Crippen molar-refractivity contribution in [2.75, 3.05) is 6.61 Å². The number of halogens is 1. The van der Waals surface area contributed by atoms with E-state index in [1.807, 2.05) is 19.9 Å². The van der Waals surface area contributed by atoms with Crippen molar-refractivity contribution < 1.29 is 14.3 Å². The molecule has 0 atom stereocenters. The zero-order valence-corrected chi connectivity index (χ0v) is 14.4. The number of nitrogens with one attached hydrogen (secondary N) is 2. The second-order valence-electron chi connectivity index (χ2n) is 4.83. The fourth-order valence-electron chi connectivity index (χ4n) is 1.86. The van der Waals surface area contributed by atoms with Crippen LogP contribution in [0.5, 0.6) is 5.75 Å². The Morgan fingerprint density at radius 1 is 1.00 bits per heavy atom. The SMILES string of the molecule is CCOc1ccc(C(=O)NNC(=O)c2ccc(C)c(Br)c2)cc1. The van der Waals surface area contributed by atoms with Gasteiger partial charge in [0.25, 0.3) is 11.8 Å². The van der Waals surface area contributed by atoms with Crippen LogP contribution in [0.4, 0.5) is 0 Å². The number of hydrogen-bond acceptors (Lipinski definition) is 3. The highest BCUT2D eigenvalue weighted by Crippen LogP contribution is 2.17. The number of rotatable bonds is 4. The van der Waals surface area contributed by atoms with Gasteiger partial charge in [0, 0.05) is 15.6 Å². The van der Waals surface area contributed by atoms with Crippen LogP contribution in [0.25, 0.3) is 0 Å². The lowest BCUT2D eigenvalue weighted by Gasteiger charge is -2.09. The molecule has 0 saturated carbocycles. The standard InChI is InChI=1S/C17H17BrN2O3/c1-3-23-14-8-6-12(7-9-14)16(21)19-20-17(22)13-5-4-11(2)15(18)10-13/h4-10H,3H2,1-2H3,(H,19,21)(H,20,22). The minimum Gasteiger partial charge on any atom is -0.494 e. The highest BCUT2D eigenvalue weighted by molar-refractivity contribution is 9.10. The van der Waals surface area contributed by atoms with E-state index in [0.717, 1.165) is 10.0 Å². The van der Waals surface area contributed by atoms with E-state index in [4.69, 9.17) is 4.74 Å². The largest absolute Gasteiger partial charge is 0.494 e. The van der Waals surface area contributed by atoms with Crippen molar-refractivity contribution in [1.29, 1.82) is 0 Å². The summed E-state index contributed by atoms with van der Waals surface area (Å²) in [6.45, 7) is 4.38. The molecule has 0 unspecified atom stereocenters. The molecule has 0 heterocycles. The number of aryl methyl sites for hydroxylation is 1. The molecule has 0 radical (unpaired) electrons. The zero-order valence-electron chi connectivity index (χ0n) is 12.9. The van der Waals surface area contributed by atoms with Gasteiger partial charge in [-0.25, -0.2) is 0 Å². The molecule has 6 heteroatoms. The molecular formula is C17H17BrN2O3. The van der Waals surface area contributed by atoms with Crippen LogP contribution in [-0.4, -0.2) is 18.4 Å². The van der Waals surface area contributed by atoms with Crippen molar-refractivity contribution in [3.63, 3.8) is 0 Å². The molecule has 120 valence electrons.